The van der Waals surface area contributed by atoms with Gasteiger partial charge in [0.25, 0.3) is 0 Å². The number of thiazole rings is 1. The first-order valence-corrected chi connectivity index (χ1v) is 14.0. The van der Waals surface area contributed by atoms with Gasteiger partial charge in [-0.15, -0.1) is 0 Å². The molecule has 0 saturated carbocycles. The lowest BCUT2D eigenvalue weighted by Gasteiger charge is -2.15. The van der Waals surface area contributed by atoms with Gasteiger partial charge in [-0.1, -0.05) is 59.9 Å². The molecule has 1 atom stereocenters. The zero-order valence-corrected chi connectivity index (χ0v) is 22.4. The zero-order valence-electron chi connectivity index (χ0n) is 20.8. The number of ether oxygens (including phenoxy) is 1. The van der Waals surface area contributed by atoms with Crippen molar-refractivity contribution in [2.75, 3.05) is 17.1 Å². The largest absolute Gasteiger partial charge is 0.468 e. The minimum Gasteiger partial charge on any atom is -0.468 e. The lowest BCUT2D eigenvalue weighted by Crippen LogP contribution is -2.32. The van der Waals surface area contributed by atoms with Gasteiger partial charge in [-0.3, -0.25) is 28.8 Å². The Morgan fingerprint density at radius 3 is 2.49 bits per heavy atom. The molecule has 0 aliphatic heterocycles. The number of aromatic nitrogens is 3. The van der Waals surface area contributed by atoms with Crippen LogP contribution in [0.1, 0.15) is 16.8 Å². The van der Waals surface area contributed by atoms with Crippen molar-refractivity contribution in [2.24, 2.45) is 5.92 Å². The molecule has 0 saturated heterocycles. The summed E-state index contributed by atoms with van der Waals surface area (Å²) in [5.74, 6) is -2.30. The van der Waals surface area contributed by atoms with Crippen LogP contribution in [0.3, 0.4) is 0 Å². The summed E-state index contributed by atoms with van der Waals surface area (Å²) in [5, 5.41) is 3.77. The number of rotatable bonds is 11. The number of methoxy groups -OCH3 is 1. The van der Waals surface area contributed by atoms with Gasteiger partial charge in [0.1, 0.15) is 21.6 Å². The van der Waals surface area contributed by atoms with Gasteiger partial charge in [0.05, 0.1) is 24.7 Å². The van der Waals surface area contributed by atoms with Crippen molar-refractivity contribution in [1.82, 2.24) is 15.0 Å². The van der Waals surface area contributed by atoms with E-state index in [0.717, 1.165) is 5.56 Å². The van der Waals surface area contributed by atoms with Crippen molar-refractivity contribution in [3.05, 3.63) is 90.0 Å². The average molecular weight is 568 g/mol. The first kappa shape index (κ1) is 27.8. The second-order valence-corrected chi connectivity index (χ2v) is 10.5. The number of anilines is 2. The van der Waals surface area contributed by atoms with Gasteiger partial charge in [-0.05, 0) is 36.5 Å². The lowest BCUT2D eigenvalue weighted by atomic mass is 9.98. The van der Waals surface area contributed by atoms with Crippen molar-refractivity contribution in [3.63, 3.8) is 0 Å². The fourth-order valence-corrected chi connectivity index (χ4v) is 5.30. The maximum atomic E-state index is 13.3. The van der Waals surface area contributed by atoms with E-state index in [4.69, 9.17) is 4.74 Å². The first-order valence-electron chi connectivity index (χ1n) is 11.8. The molecule has 0 aliphatic rings. The third kappa shape index (κ3) is 7.66. The Morgan fingerprint density at radius 2 is 1.79 bits per heavy atom. The topological polar surface area (TPSA) is 160 Å². The van der Waals surface area contributed by atoms with E-state index in [2.05, 4.69) is 25.0 Å². The number of benzene rings is 2. The SMILES string of the molecule is COC(=O)[C@@H](Cc1ccccc1)C(=O)Nc1sc(-c2cnccn2)nc1CCc1ccccc1NS(=O)(=O)O. The van der Waals surface area contributed by atoms with Crippen LogP contribution in [0.4, 0.5) is 10.7 Å². The Bertz CT molecular complexity index is 1550. The highest BCUT2D eigenvalue weighted by molar-refractivity contribution is 7.87. The number of aryl methyl sites for hydroxylation is 2. The molecule has 13 heteroatoms. The van der Waals surface area contributed by atoms with Crippen LogP contribution in [-0.4, -0.2) is 46.9 Å². The van der Waals surface area contributed by atoms with Gasteiger partial charge in [0.2, 0.25) is 5.91 Å². The number of esters is 1. The second-order valence-electron chi connectivity index (χ2n) is 8.37. The summed E-state index contributed by atoms with van der Waals surface area (Å²) in [4.78, 5) is 38.9. The number of nitrogens with zero attached hydrogens (tertiary/aromatic N) is 3. The van der Waals surface area contributed by atoms with E-state index in [9.17, 15) is 22.6 Å². The zero-order chi connectivity index (χ0) is 27.8. The smallest absolute Gasteiger partial charge is 0.357 e. The molecular formula is C26H25N5O6S2. The number of carbonyl (C=O) groups excluding carboxylic acids is 2. The molecule has 2 heterocycles. The van der Waals surface area contributed by atoms with Crippen LogP contribution in [0, 0.1) is 5.92 Å². The minimum absolute atomic E-state index is 0.152. The highest BCUT2D eigenvalue weighted by Gasteiger charge is 2.29. The molecule has 11 nitrogen and oxygen atoms in total. The van der Waals surface area contributed by atoms with Crippen molar-refractivity contribution in [3.8, 4) is 10.7 Å². The normalized spacial score (nSPS) is 11.9. The Hall–Kier alpha value is -4.20. The van der Waals surface area contributed by atoms with E-state index >= 15 is 0 Å². The molecule has 0 radical (unpaired) electrons. The van der Waals surface area contributed by atoms with Crippen molar-refractivity contribution in [2.45, 2.75) is 19.3 Å². The van der Waals surface area contributed by atoms with E-state index in [1.165, 1.54) is 36.9 Å². The van der Waals surface area contributed by atoms with Crippen molar-refractivity contribution >= 4 is 44.2 Å². The molecule has 0 fully saturated rings. The predicted molar refractivity (Wildman–Crippen MR) is 146 cm³/mol. The molecule has 0 aliphatic carbocycles. The molecule has 0 spiro atoms. The average Bonchev–Trinajstić information content (AvgIpc) is 3.33. The van der Waals surface area contributed by atoms with E-state index in [1.54, 1.807) is 24.4 Å². The summed E-state index contributed by atoms with van der Waals surface area (Å²) in [6, 6.07) is 15.8. The van der Waals surface area contributed by atoms with Gasteiger partial charge >= 0.3 is 16.3 Å². The number of para-hydroxylation sites is 1. The fourth-order valence-electron chi connectivity index (χ4n) is 3.84. The molecule has 2 aromatic heterocycles. The molecule has 4 rings (SSSR count). The van der Waals surface area contributed by atoms with Gasteiger partial charge in [-0.2, -0.15) is 8.42 Å². The van der Waals surface area contributed by atoms with Crippen LogP contribution in [0.5, 0.6) is 0 Å². The van der Waals surface area contributed by atoms with Gasteiger partial charge in [-0.25, -0.2) is 4.98 Å². The predicted octanol–water partition coefficient (Wildman–Crippen LogP) is 3.57. The standard InChI is InChI=1S/C26H25N5O6S2/c1-37-26(33)19(15-17-7-3-2-4-8-17)23(32)30-24-21(29-25(38-24)22-16-27-13-14-28-22)12-11-18-9-5-6-10-20(18)31-39(34,35)36/h2-10,13-14,16,19,31H,11-12,15H2,1H3,(H,30,32)(H,34,35,36)/t19-/m0/s1. The van der Waals surface area contributed by atoms with Gasteiger partial charge < -0.3 is 10.1 Å². The molecule has 0 bridgehead atoms. The molecule has 1 amide bonds. The van der Waals surface area contributed by atoms with Crippen LogP contribution < -0.4 is 10.0 Å². The third-order valence-corrected chi connectivity index (χ3v) is 7.20. The summed E-state index contributed by atoms with van der Waals surface area (Å²) in [5.41, 5.74) is 2.66. The second kappa shape index (κ2) is 12.6. The number of nitrogens with one attached hydrogen (secondary N) is 2. The summed E-state index contributed by atoms with van der Waals surface area (Å²) >= 11 is 1.18. The number of hydrogen-bond donors (Lipinski definition) is 3. The fraction of sp³-hybridized carbons (Fsp3) is 0.192. The highest BCUT2D eigenvalue weighted by Crippen LogP contribution is 2.33. The van der Waals surface area contributed by atoms with E-state index in [0.29, 0.717) is 39.8 Å². The maximum absolute atomic E-state index is 13.3. The molecule has 4 aromatic rings. The van der Waals surface area contributed by atoms with Crippen LogP contribution in [0.25, 0.3) is 10.7 Å². The molecule has 0 unspecified atom stereocenters. The van der Waals surface area contributed by atoms with Gasteiger partial charge in [0.15, 0.2) is 0 Å². The number of amides is 1. The molecular weight excluding hydrogens is 542 g/mol. The highest BCUT2D eigenvalue weighted by atomic mass is 32.2. The van der Waals surface area contributed by atoms with Crippen LogP contribution in [0.2, 0.25) is 0 Å². The van der Waals surface area contributed by atoms with Crippen LogP contribution >= 0.6 is 11.3 Å². The van der Waals surface area contributed by atoms with Crippen molar-refractivity contribution < 1.29 is 27.3 Å². The monoisotopic (exact) mass is 567 g/mol. The Labute approximate surface area is 229 Å². The molecule has 2 aromatic carbocycles. The quantitative estimate of drug-likeness (QED) is 0.140. The summed E-state index contributed by atoms with van der Waals surface area (Å²) in [6.45, 7) is 0. The summed E-state index contributed by atoms with van der Waals surface area (Å²) in [6.07, 6.45) is 5.39. The molecule has 39 heavy (non-hydrogen) atoms. The first-order chi connectivity index (χ1) is 18.7. The summed E-state index contributed by atoms with van der Waals surface area (Å²) < 4.78 is 39.0. The van der Waals surface area contributed by atoms with E-state index in [-0.39, 0.29) is 12.1 Å². The molecule has 202 valence electrons. The van der Waals surface area contributed by atoms with E-state index in [1.807, 2.05) is 30.3 Å². The van der Waals surface area contributed by atoms with Crippen LogP contribution in [0.15, 0.2) is 73.2 Å². The number of carbonyl (C=O) groups is 2. The van der Waals surface area contributed by atoms with Crippen LogP contribution in [-0.2, 0) is 43.9 Å². The minimum atomic E-state index is -4.46. The third-order valence-electron chi connectivity index (χ3n) is 5.69. The van der Waals surface area contributed by atoms with E-state index < -0.39 is 28.1 Å². The maximum Gasteiger partial charge on any atom is 0.357 e. The van der Waals surface area contributed by atoms with Gasteiger partial charge in [0, 0.05) is 12.4 Å². The summed E-state index contributed by atoms with van der Waals surface area (Å²) in [7, 11) is -3.23. The number of hydrogen-bond acceptors (Lipinski definition) is 9. The Morgan fingerprint density at radius 1 is 1.05 bits per heavy atom. The lowest BCUT2D eigenvalue weighted by molar-refractivity contribution is -0.148. The molecule has 3 N–H and O–H groups in total. The Kier molecular flexibility index (Phi) is 8.96. The Balaban J connectivity index is 1.62. The van der Waals surface area contributed by atoms with Crippen molar-refractivity contribution in [1.29, 1.82) is 0 Å².